The van der Waals surface area contributed by atoms with Crippen LogP contribution in [0.3, 0.4) is 0 Å². The van der Waals surface area contributed by atoms with Crippen LogP contribution in [0.4, 0.5) is 0 Å². The maximum atomic E-state index is 11.9. The highest BCUT2D eigenvalue weighted by Gasteiger charge is 2.15. The number of aldehydes is 1. The van der Waals surface area contributed by atoms with E-state index in [1.807, 2.05) is 13.8 Å². The van der Waals surface area contributed by atoms with E-state index in [-0.39, 0.29) is 5.91 Å². The summed E-state index contributed by atoms with van der Waals surface area (Å²) in [4.78, 5) is 26.8. The van der Waals surface area contributed by atoms with Gasteiger partial charge in [0.25, 0.3) is 5.91 Å². The lowest BCUT2D eigenvalue weighted by atomic mass is 10.0. The van der Waals surface area contributed by atoms with Crippen LogP contribution < -0.4 is 5.32 Å². The summed E-state index contributed by atoms with van der Waals surface area (Å²) < 4.78 is 0. The van der Waals surface area contributed by atoms with Gasteiger partial charge in [0.1, 0.15) is 6.29 Å². The zero-order valence-electron chi connectivity index (χ0n) is 10.4. The van der Waals surface area contributed by atoms with Gasteiger partial charge in [-0.25, -0.2) is 0 Å². The molecule has 0 bridgehead atoms. The number of nitrogens with one attached hydrogen (secondary N) is 1. The van der Waals surface area contributed by atoms with E-state index >= 15 is 0 Å². The molecule has 1 heterocycles. The first kappa shape index (κ1) is 13.4. The summed E-state index contributed by atoms with van der Waals surface area (Å²) in [5, 5.41) is 2.71. The molecule has 0 aliphatic rings. The van der Waals surface area contributed by atoms with Crippen molar-refractivity contribution in [2.45, 2.75) is 33.2 Å². The Labute approximate surface area is 101 Å². The Balaban J connectivity index is 2.71. The van der Waals surface area contributed by atoms with Gasteiger partial charge in [-0.2, -0.15) is 0 Å². The zero-order valence-corrected chi connectivity index (χ0v) is 10.4. The monoisotopic (exact) mass is 234 g/mol. The summed E-state index contributed by atoms with van der Waals surface area (Å²) in [6, 6.07) is 2.98. The van der Waals surface area contributed by atoms with Crippen molar-refractivity contribution >= 4 is 12.2 Å². The normalized spacial score (nSPS) is 12.2. The largest absolute Gasteiger partial charge is 0.342 e. The number of hydrogen-bond acceptors (Lipinski definition) is 3. The van der Waals surface area contributed by atoms with Gasteiger partial charge in [0.15, 0.2) is 0 Å². The van der Waals surface area contributed by atoms with E-state index < -0.39 is 6.04 Å². The van der Waals surface area contributed by atoms with Crippen LogP contribution in [0, 0.1) is 12.8 Å². The van der Waals surface area contributed by atoms with Gasteiger partial charge in [0, 0.05) is 11.9 Å². The van der Waals surface area contributed by atoms with Crippen LogP contribution >= 0.6 is 0 Å². The van der Waals surface area contributed by atoms with Gasteiger partial charge >= 0.3 is 0 Å². The number of hydrogen-bond donors (Lipinski definition) is 1. The number of carbonyl (C=O) groups is 2. The van der Waals surface area contributed by atoms with Crippen molar-refractivity contribution in [2.24, 2.45) is 5.92 Å². The van der Waals surface area contributed by atoms with Gasteiger partial charge in [0.05, 0.1) is 11.6 Å². The second-order valence-corrected chi connectivity index (χ2v) is 4.48. The van der Waals surface area contributed by atoms with Gasteiger partial charge in [-0.3, -0.25) is 9.78 Å². The number of carbonyl (C=O) groups excluding carboxylic acids is 2. The Hall–Kier alpha value is -1.71. The molecule has 1 atom stereocenters. The van der Waals surface area contributed by atoms with E-state index in [0.717, 1.165) is 6.29 Å². The van der Waals surface area contributed by atoms with Crippen LogP contribution in [-0.4, -0.2) is 23.2 Å². The van der Waals surface area contributed by atoms with Crippen molar-refractivity contribution in [3.63, 3.8) is 0 Å². The van der Waals surface area contributed by atoms with Crippen LogP contribution in [0.2, 0.25) is 0 Å². The maximum absolute atomic E-state index is 11.9. The summed E-state index contributed by atoms with van der Waals surface area (Å²) in [6.45, 7) is 5.79. The molecule has 1 rings (SSSR count). The number of rotatable bonds is 5. The average Bonchev–Trinajstić information content (AvgIpc) is 2.27. The van der Waals surface area contributed by atoms with E-state index in [2.05, 4.69) is 10.3 Å². The van der Waals surface area contributed by atoms with E-state index in [1.165, 1.54) is 0 Å². The molecule has 4 nitrogen and oxygen atoms in total. The Morgan fingerprint density at radius 1 is 1.53 bits per heavy atom. The van der Waals surface area contributed by atoms with Crippen molar-refractivity contribution in [1.29, 1.82) is 0 Å². The Morgan fingerprint density at radius 2 is 2.24 bits per heavy atom. The van der Waals surface area contributed by atoms with Gasteiger partial charge in [-0.15, -0.1) is 0 Å². The molecule has 0 unspecified atom stereocenters. The highest BCUT2D eigenvalue weighted by atomic mass is 16.2. The summed E-state index contributed by atoms with van der Waals surface area (Å²) in [5.74, 6) is 0.119. The Morgan fingerprint density at radius 3 is 2.76 bits per heavy atom. The molecule has 0 spiro atoms. The van der Waals surface area contributed by atoms with Gasteiger partial charge < -0.3 is 10.1 Å². The molecular formula is C13H18N2O2. The van der Waals surface area contributed by atoms with Crippen LogP contribution in [0.1, 0.15) is 36.3 Å². The topological polar surface area (TPSA) is 59.1 Å². The smallest absolute Gasteiger partial charge is 0.253 e. The quantitative estimate of drug-likeness (QED) is 0.789. The van der Waals surface area contributed by atoms with Crippen molar-refractivity contribution in [2.75, 3.05) is 0 Å². The fourth-order valence-corrected chi connectivity index (χ4v) is 1.63. The molecule has 0 aromatic carbocycles. The number of aryl methyl sites for hydroxylation is 1. The molecule has 4 heteroatoms. The first-order valence-corrected chi connectivity index (χ1v) is 5.72. The van der Waals surface area contributed by atoms with Crippen molar-refractivity contribution < 1.29 is 9.59 Å². The summed E-state index contributed by atoms with van der Waals surface area (Å²) in [7, 11) is 0. The Kier molecular flexibility index (Phi) is 4.82. The van der Waals surface area contributed by atoms with Crippen LogP contribution in [0.5, 0.6) is 0 Å². The van der Waals surface area contributed by atoms with Crippen molar-refractivity contribution in [3.05, 3.63) is 29.6 Å². The summed E-state index contributed by atoms with van der Waals surface area (Å²) in [6.07, 6.45) is 3.07. The molecule has 1 amide bonds. The molecule has 1 aromatic rings. The molecule has 92 valence electrons. The van der Waals surface area contributed by atoms with Crippen LogP contribution in [-0.2, 0) is 4.79 Å². The highest BCUT2D eigenvalue weighted by molar-refractivity contribution is 5.96. The van der Waals surface area contributed by atoms with Crippen molar-refractivity contribution in [1.82, 2.24) is 10.3 Å². The lowest BCUT2D eigenvalue weighted by Gasteiger charge is -2.15. The predicted molar refractivity (Wildman–Crippen MR) is 65.7 cm³/mol. The standard InChI is InChI=1S/C13H18N2O2/c1-9(2)7-11(8-16)15-13(17)12-5-4-6-14-10(12)3/h4-6,8-9,11H,7H2,1-3H3,(H,15,17)/t11-/m0/s1. The Bertz CT molecular complexity index is 402. The predicted octanol–water partition coefficient (Wildman–Crippen LogP) is 1.73. The molecule has 1 N–H and O–H groups in total. The van der Waals surface area contributed by atoms with E-state index in [9.17, 15) is 9.59 Å². The molecule has 0 saturated heterocycles. The highest BCUT2D eigenvalue weighted by Crippen LogP contribution is 2.06. The number of pyridine rings is 1. The third-order valence-corrected chi connectivity index (χ3v) is 2.46. The number of nitrogens with zero attached hydrogens (tertiary/aromatic N) is 1. The number of amides is 1. The molecular weight excluding hydrogens is 216 g/mol. The zero-order chi connectivity index (χ0) is 12.8. The minimum atomic E-state index is -0.429. The van der Waals surface area contributed by atoms with Gasteiger partial charge in [-0.1, -0.05) is 13.8 Å². The van der Waals surface area contributed by atoms with E-state index in [0.29, 0.717) is 23.6 Å². The first-order chi connectivity index (χ1) is 8.04. The summed E-state index contributed by atoms with van der Waals surface area (Å²) >= 11 is 0. The molecule has 0 saturated carbocycles. The second kappa shape index (κ2) is 6.13. The molecule has 0 aliphatic carbocycles. The van der Waals surface area contributed by atoms with E-state index in [4.69, 9.17) is 0 Å². The van der Waals surface area contributed by atoms with Crippen LogP contribution in [0.25, 0.3) is 0 Å². The lowest BCUT2D eigenvalue weighted by molar-refractivity contribution is -0.109. The fraction of sp³-hybridized carbons (Fsp3) is 0.462. The lowest BCUT2D eigenvalue weighted by Crippen LogP contribution is -2.37. The second-order valence-electron chi connectivity index (χ2n) is 4.48. The molecule has 1 aromatic heterocycles. The molecule has 17 heavy (non-hydrogen) atoms. The third-order valence-electron chi connectivity index (χ3n) is 2.46. The minimum Gasteiger partial charge on any atom is -0.342 e. The maximum Gasteiger partial charge on any atom is 0.253 e. The molecule has 0 fully saturated rings. The number of aromatic nitrogens is 1. The molecule has 0 radical (unpaired) electrons. The van der Waals surface area contributed by atoms with Gasteiger partial charge in [0.2, 0.25) is 0 Å². The SMILES string of the molecule is Cc1ncccc1C(=O)N[C@H](C=O)CC(C)C. The third kappa shape index (κ3) is 3.98. The van der Waals surface area contributed by atoms with Crippen molar-refractivity contribution in [3.8, 4) is 0 Å². The minimum absolute atomic E-state index is 0.242. The fourth-order valence-electron chi connectivity index (χ4n) is 1.63. The van der Waals surface area contributed by atoms with E-state index in [1.54, 1.807) is 25.3 Å². The first-order valence-electron chi connectivity index (χ1n) is 5.72. The summed E-state index contributed by atoms with van der Waals surface area (Å²) in [5.41, 5.74) is 1.18. The average molecular weight is 234 g/mol. The molecule has 0 aliphatic heterocycles. The van der Waals surface area contributed by atoms with Gasteiger partial charge in [-0.05, 0) is 31.4 Å². The van der Waals surface area contributed by atoms with Crippen LogP contribution in [0.15, 0.2) is 18.3 Å².